The number of nitrogens with zero attached hydrogens (tertiary/aromatic N) is 2. The largest absolute Gasteiger partial charge is 0.337 e. The molecular formula is C17H21F2N3O. The third kappa shape index (κ3) is 4.73. The van der Waals surface area contributed by atoms with Crippen molar-refractivity contribution in [1.82, 2.24) is 10.2 Å². The van der Waals surface area contributed by atoms with Crippen molar-refractivity contribution in [2.75, 3.05) is 13.6 Å². The van der Waals surface area contributed by atoms with Crippen molar-refractivity contribution in [3.05, 3.63) is 35.4 Å². The lowest BCUT2D eigenvalue weighted by Crippen LogP contribution is -2.51. The fourth-order valence-corrected chi connectivity index (χ4v) is 2.97. The fourth-order valence-electron chi connectivity index (χ4n) is 2.97. The van der Waals surface area contributed by atoms with Gasteiger partial charge in [-0.1, -0.05) is 25.3 Å². The van der Waals surface area contributed by atoms with E-state index in [1.165, 1.54) is 12.1 Å². The first-order valence-corrected chi connectivity index (χ1v) is 7.79. The highest BCUT2D eigenvalue weighted by Crippen LogP contribution is 2.27. The van der Waals surface area contributed by atoms with Gasteiger partial charge in [-0.2, -0.15) is 5.26 Å². The predicted octanol–water partition coefficient (Wildman–Crippen LogP) is 2.74. The molecule has 124 valence electrons. The van der Waals surface area contributed by atoms with Crippen LogP contribution in [0.15, 0.2) is 18.2 Å². The highest BCUT2D eigenvalue weighted by molar-refractivity contribution is 5.79. The van der Waals surface area contributed by atoms with E-state index < -0.39 is 17.2 Å². The number of halogens is 2. The molecular weight excluding hydrogens is 300 g/mol. The quantitative estimate of drug-likeness (QED) is 0.907. The Morgan fingerprint density at radius 1 is 1.35 bits per heavy atom. The molecule has 1 saturated carbocycles. The summed E-state index contributed by atoms with van der Waals surface area (Å²) in [6.07, 6.45) is 4.30. The van der Waals surface area contributed by atoms with Crippen molar-refractivity contribution in [2.45, 2.75) is 44.2 Å². The van der Waals surface area contributed by atoms with Gasteiger partial charge in [-0.3, -0.25) is 9.69 Å². The lowest BCUT2D eigenvalue weighted by molar-refractivity contribution is -0.123. The van der Waals surface area contributed by atoms with Crippen molar-refractivity contribution in [3.63, 3.8) is 0 Å². The van der Waals surface area contributed by atoms with Gasteiger partial charge in [-0.05, 0) is 26.0 Å². The summed E-state index contributed by atoms with van der Waals surface area (Å²) < 4.78 is 26.5. The van der Waals surface area contributed by atoms with Crippen molar-refractivity contribution in [1.29, 1.82) is 5.26 Å². The van der Waals surface area contributed by atoms with E-state index in [4.69, 9.17) is 0 Å². The minimum atomic E-state index is -0.767. The van der Waals surface area contributed by atoms with Crippen LogP contribution in [-0.2, 0) is 11.3 Å². The van der Waals surface area contributed by atoms with E-state index >= 15 is 0 Å². The molecule has 0 bridgehead atoms. The Labute approximate surface area is 135 Å². The van der Waals surface area contributed by atoms with Crippen LogP contribution in [0.3, 0.4) is 0 Å². The monoisotopic (exact) mass is 321 g/mol. The molecule has 1 aromatic rings. The Hall–Kier alpha value is -2.00. The Morgan fingerprint density at radius 2 is 2.04 bits per heavy atom. The smallest absolute Gasteiger partial charge is 0.235 e. The zero-order valence-corrected chi connectivity index (χ0v) is 13.2. The summed E-state index contributed by atoms with van der Waals surface area (Å²) in [6.45, 7) is 0.249. The van der Waals surface area contributed by atoms with Gasteiger partial charge in [0.2, 0.25) is 5.91 Å². The molecule has 1 aromatic carbocycles. The topological polar surface area (TPSA) is 56.1 Å². The molecule has 23 heavy (non-hydrogen) atoms. The third-order valence-corrected chi connectivity index (χ3v) is 4.17. The molecule has 0 saturated heterocycles. The molecule has 0 spiro atoms. The van der Waals surface area contributed by atoms with Gasteiger partial charge in [0, 0.05) is 18.2 Å². The van der Waals surface area contributed by atoms with Crippen LogP contribution in [0.2, 0.25) is 0 Å². The van der Waals surface area contributed by atoms with Crippen LogP contribution in [-0.4, -0.2) is 29.9 Å². The Morgan fingerprint density at radius 3 is 2.65 bits per heavy atom. The number of rotatable bonds is 5. The first-order chi connectivity index (χ1) is 10.9. The van der Waals surface area contributed by atoms with Crippen molar-refractivity contribution < 1.29 is 13.6 Å². The van der Waals surface area contributed by atoms with Crippen LogP contribution in [0, 0.1) is 23.0 Å². The summed E-state index contributed by atoms with van der Waals surface area (Å²) in [4.78, 5) is 13.8. The SMILES string of the molecule is CN(CC(=O)NC1(C#N)CCCCC1)Cc1ccc(F)cc1F. The second-order valence-electron chi connectivity index (χ2n) is 6.21. The number of benzene rings is 1. The Bertz CT molecular complexity index is 606. The van der Waals surface area contributed by atoms with Gasteiger partial charge in [-0.15, -0.1) is 0 Å². The molecule has 0 aliphatic heterocycles. The van der Waals surface area contributed by atoms with E-state index in [1.54, 1.807) is 11.9 Å². The highest BCUT2D eigenvalue weighted by atomic mass is 19.1. The standard InChI is InChI=1S/C17H21F2N3O/c1-22(10-13-5-6-14(18)9-15(13)19)11-16(23)21-17(12-20)7-3-2-4-8-17/h5-6,9H,2-4,7-8,10-11H2,1H3,(H,21,23). The minimum Gasteiger partial charge on any atom is -0.337 e. The Balaban J connectivity index is 1.90. The molecule has 6 heteroatoms. The number of carbonyl (C=O) groups excluding carboxylic acids is 1. The molecule has 1 aliphatic rings. The maximum atomic E-state index is 13.6. The Kier molecular flexibility index (Phi) is 5.67. The summed E-state index contributed by atoms with van der Waals surface area (Å²) in [5.74, 6) is -1.50. The van der Waals surface area contributed by atoms with Gasteiger partial charge in [0.15, 0.2) is 0 Å². The van der Waals surface area contributed by atoms with Crippen molar-refractivity contribution in [3.8, 4) is 6.07 Å². The molecule has 0 atom stereocenters. The summed E-state index contributed by atoms with van der Waals surface area (Å²) in [5.41, 5.74) is -0.438. The number of amides is 1. The zero-order chi connectivity index (χ0) is 16.9. The fraction of sp³-hybridized carbons (Fsp3) is 0.529. The van der Waals surface area contributed by atoms with Crippen LogP contribution >= 0.6 is 0 Å². The number of nitriles is 1. The van der Waals surface area contributed by atoms with Crippen LogP contribution in [0.5, 0.6) is 0 Å². The second kappa shape index (κ2) is 7.51. The third-order valence-electron chi connectivity index (χ3n) is 4.17. The van der Waals surface area contributed by atoms with Crippen LogP contribution < -0.4 is 5.32 Å². The predicted molar refractivity (Wildman–Crippen MR) is 82.3 cm³/mol. The van der Waals surface area contributed by atoms with Gasteiger partial charge < -0.3 is 5.32 Å². The zero-order valence-electron chi connectivity index (χ0n) is 13.2. The van der Waals surface area contributed by atoms with E-state index in [-0.39, 0.29) is 19.0 Å². The maximum absolute atomic E-state index is 13.6. The first kappa shape index (κ1) is 17.4. The molecule has 0 aromatic heterocycles. The van der Waals surface area contributed by atoms with Gasteiger partial charge in [0.1, 0.15) is 17.2 Å². The van der Waals surface area contributed by atoms with Crippen molar-refractivity contribution in [2.24, 2.45) is 0 Å². The van der Waals surface area contributed by atoms with E-state index in [1.807, 2.05) is 0 Å². The molecule has 0 unspecified atom stereocenters. The molecule has 1 aliphatic carbocycles. The van der Waals surface area contributed by atoms with Crippen LogP contribution in [0.1, 0.15) is 37.7 Å². The molecule has 1 amide bonds. The number of hydrogen-bond donors (Lipinski definition) is 1. The lowest BCUT2D eigenvalue weighted by atomic mass is 9.83. The summed E-state index contributed by atoms with van der Waals surface area (Å²) in [6, 6.07) is 5.63. The summed E-state index contributed by atoms with van der Waals surface area (Å²) >= 11 is 0. The second-order valence-corrected chi connectivity index (χ2v) is 6.21. The van der Waals surface area contributed by atoms with Crippen molar-refractivity contribution >= 4 is 5.91 Å². The molecule has 2 rings (SSSR count). The normalized spacial score (nSPS) is 16.8. The van der Waals surface area contributed by atoms with Gasteiger partial charge in [0.05, 0.1) is 12.6 Å². The maximum Gasteiger partial charge on any atom is 0.235 e. The van der Waals surface area contributed by atoms with E-state index in [0.717, 1.165) is 25.3 Å². The van der Waals surface area contributed by atoms with E-state index in [2.05, 4.69) is 11.4 Å². The first-order valence-electron chi connectivity index (χ1n) is 7.79. The average Bonchev–Trinajstić information content (AvgIpc) is 2.51. The molecule has 1 N–H and O–H groups in total. The number of likely N-dealkylation sites (N-methyl/N-ethyl adjacent to an activating group) is 1. The van der Waals surface area contributed by atoms with Crippen LogP contribution in [0.25, 0.3) is 0 Å². The highest BCUT2D eigenvalue weighted by Gasteiger charge is 2.33. The van der Waals surface area contributed by atoms with Crippen LogP contribution in [0.4, 0.5) is 8.78 Å². The molecule has 0 heterocycles. The average molecular weight is 321 g/mol. The number of hydrogen-bond acceptors (Lipinski definition) is 3. The number of carbonyl (C=O) groups is 1. The van der Waals surface area contributed by atoms with E-state index in [9.17, 15) is 18.8 Å². The van der Waals surface area contributed by atoms with Gasteiger partial charge in [-0.25, -0.2) is 8.78 Å². The minimum absolute atomic E-state index is 0.0558. The lowest BCUT2D eigenvalue weighted by Gasteiger charge is -2.32. The molecule has 1 fully saturated rings. The van der Waals surface area contributed by atoms with Gasteiger partial charge >= 0.3 is 0 Å². The summed E-state index contributed by atoms with van der Waals surface area (Å²) in [5, 5.41) is 12.2. The summed E-state index contributed by atoms with van der Waals surface area (Å²) in [7, 11) is 1.68. The molecule has 4 nitrogen and oxygen atoms in total. The van der Waals surface area contributed by atoms with Gasteiger partial charge in [0.25, 0.3) is 0 Å². The van der Waals surface area contributed by atoms with E-state index in [0.29, 0.717) is 18.4 Å². The number of nitrogens with one attached hydrogen (secondary N) is 1. The molecule has 0 radical (unpaired) electrons.